The van der Waals surface area contributed by atoms with Gasteiger partial charge in [-0.05, 0) is 49.2 Å². The Morgan fingerprint density at radius 2 is 2.07 bits per heavy atom. The number of amides is 1. The number of benzene rings is 2. The summed E-state index contributed by atoms with van der Waals surface area (Å²) in [6.45, 7) is 0.747. The smallest absolute Gasteiger partial charge is 0.266 e. The average molecular weight is 404 g/mol. The molecular weight excluding hydrogens is 386 g/mol. The first kappa shape index (κ1) is 18.8. The molecule has 0 aliphatic carbocycles. The third kappa shape index (κ3) is 4.13. The zero-order chi connectivity index (χ0) is 19.5. The second-order valence-corrected chi connectivity index (χ2v) is 7.47. The summed E-state index contributed by atoms with van der Waals surface area (Å²) in [5.74, 6) is -0.733. The van der Waals surface area contributed by atoms with Gasteiger partial charge in [0.15, 0.2) is 11.7 Å². The molecule has 1 amide bonds. The molecule has 1 aromatic heterocycles. The lowest BCUT2D eigenvalue weighted by Crippen LogP contribution is -2.40. The van der Waals surface area contributed by atoms with Crippen LogP contribution in [-0.4, -0.2) is 36.8 Å². The molecule has 2 aromatic carbocycles. The number of rotatable bonds is 6. The summed E-state index contributed by atoms with van der Waals surface area (Å²) in [5, 5.41) is 0.406. The fourth-order valence-corrected chi connectivity index (χ4v) is 4.06. The summed E-state index contributed by atoms with van der Waals surface area (Å²) in [6.07, 6.45) is 1.70. The molecule has 5 nitrogen and oxygen atoms in total. The van der Waals surface area contributed by atoms with Crippen LogP contribution in [0.25, 0.3) is 10.2 Å². The van der Waals surface area contributed by atoms with E-state index in [0.29, 0.717) is 28.7 Å². The molecule has 28 heavy (non-hydrogen) atoms. The molecule has 0 spiro atoms. The van der Waals surface area contributed by atoms with Crippen molar-refractivity contribution in [1.29, 1.82) is 0 Å². The minimum Gasteiger partial charge on any atom is -0.484 e. The van der Waals surface area contributed by atoms with E-state index in [1.165, 1.54) is 46.6 Å². The Hall–Kier alpha value is -2.58. The van der Waals surface area contributed by atoms with Gasteiger partial charge in [-0.1, -0.05) is 17.4 Å². The average Bonchev–Trinajstić information content (AvgIpc) is 3.35. The number of fused-ring (bicyclic) bond motifs is 1. The van der Waals surface area contributed by atoms with Crippen molar-refractivity contribution >= 4 is 32.6 Å². The van der Waals surface area contributed by atoms with Gasteiger partial charge in [-0.2, -0.15) is 0 Å². The van der Waals surface area contributed by atoms with Crippen LogP contribution >= 0.6 is 11.3 Å². The Morgan fingerprint density at radius 3 is 2.79 bits per heavy atom. The number of carbonyl (C=O) groups is 1. The van der Waals surface area contributed by atoms with Crippen LogP contribution in [-0.2, 0) is 9.53 Å². The zero-order valence-electron chi connectivity index (χ0n) is 14.9. The van der Waals surface area contributed by atoms with E-state index in [-0.39, 0.29) is 30.0 Å². The highest BCUT2D eigenvalue weighted by molar-refractivity contribution is 7.22. The molecule has 1 aliphatic heterocycles. The van der Waals surface area contributed by atoms with Gasteiger partial charge in [0.2, 0.25) is 0 Å². The molecule has 2 heterocycles. The standard InChI is InChI=1S/C20H18F2N2O3S/c21-13-6-8-14(9-7-13)27-12-18(25)24(11-15-3-2-10-26-15)20-23-19-16(22)4-1-5-17(19)28-20/h1,4-9,15H,2-3,10-12H2. The van der Waals surface area contributed by atoms with Crippen LogP contribution in [0.3, 0.4) is 0 Å². The van der Waals surface area contributed by atoms with E-state index in [1.54, 1.807) is 12.1 Å². The maximum absolute atomic E-state index is 14.0. The summed E-state index contributed by atoms with van der Waals surface area (Å²) in [7, 11) is 0. The number of halogens is 2. The minimum absolute atomic E-state index is 0.0911. The number of hydrogen-bond donors (Lipinski definition) is 0. The summed E-state index contributed by atoms with van der Waals surface area (Å²) >= 11 is 1.25. The number of nitrogens with zero attached hydrogens (tertiary/aromatic N) is 2. The second kappa shape index (κ2) is 8.20. The lowest BCUT2D eigenvalue weighted by atomic mass is 10.2. The number of ether oxygens (including phenoxy) is 2. The van der Waals surface area contributed by atoms with Crippen LogP contribution < -0.4 is 9.64 Å². The van der Waals surface area contributed by atoms with E-state index < -0.39 is 5.82 Å². The van der Waals surface area contributed by atoms with Gasteiger partial charge >= 0.3 is 0 Å². The fraction of sp³-hybridized carbons (Fsp3) is 0.300. The van der Waals surface area contributed by atoms with Crippen molar-refractivity contribution in [2.75, 3.05) is 24.7 Å². The Balaban J connectivity index is 1.55. The van der Waals surface area contributed by atoms with Crippen molar-refractivity contribution < 1.29 is 23.0 Å². The summed E-state index contributed by atoms with van der Waals surface area (Å²) in [6, 6.07) is 10.2. The van der Waals surface area contributed by atoms with Gasteiger partial charge < -0.3 is 9.47 Å². The van der Waals surface area contributed by atoms with Crippen LogP contribution in [0.15, 0.2) is 42.5 Å². The SMILES string of the molecule is O=C(COc1ccc(F)cc1)N(CC1CCCO1)c1nc2c(F)cccc2s1. The normalized spacial score (nSPS) is 16.4. The van der Waals surface area contributed by atoms with E-state index in [1.807, 2.05) is 0 Å². The zero-order valence-corrected chi connectivity index (χ0v) is 15.8. The number of aromatic nitrogens is 1. The molecule has 1 unspecified atom stereocenters. The van der Waals surface area contributed by atoms with Gasteiger partial charge in [-0.15, -0.1) is 0 Å². The molecule has 0 saturated carbocycles. The quantitative estimate of drug-likeness (QED) is 0.619. The largest absolute Gasteiger partial charge is 0.484 e. The molecule has 0 bridgehead atoms. The maximum atomic E-state index is 14.0. The minimum atomic E-state index is -0.424. The van der Waals surface area contributed by atoms with Crippen LogP contribution in [0.2, 0.25) is 0 Å². The lowest BCUT2D eigenvalue weighted by molar-refractivity contribution is -0.120. The van der Waals surface area contributed by atoms with Crippen molar-refractivity contribution in [2.45, 2.75) is 18.9 Å². The van der Waals surface area contributed by atoms with Gasteiger partial charge in [0.25, 0.3) is 5.91 Å². The van der Waals surface area contributed by atoms with Crippen molar-refractivity contribution in [3.8, 4) is 5.75 Å². The third-order valence-electron chi connectivity index (χ3n) is 4.48. The molecule has 8 heteroatoms. The highest BCUT2D eigenvalue weighted by Crippen LogP contribution is 2.31. The first-order valence-corrected chi connectivity index (χ1v) is 9.77. The van der Waals surface area contributed by atoms with E-state index in [4.69, 9.17) is 9.47 Å². The first-order valence-electron chi connectivity index (χ1n) is 8.95. The number of thiazole rings is 1. The molecule has 146 valence electrons. The Morgan fingerprint density at radius 1 is 1.25 bits per heavy atom. The molecule has 0 N–H and O–H groups in total. The van der Waals surface area contributed by atoms with Crippen molar-refractivity contribution in [3.05, 3.63) is 54.1 Å². The van der Waals surface area contributed by atoms with Crippen LogP contribution in [0.4, 0.5) is 13.9 Å². The van der Waals surface area contributed by atoms with Gasteiger partial charge in [-0.3, -0.25) is 9.69 Å². The third-order valence-corrected chi connectivity index (χ3v) is 5.52. The highest BCUT2D eigenvalue weighted by Gasteiger charge is 2.27. The van der Waals surface area contributed by atoms with Gasteiger partial charge in [0.1, 0.15) is 22.9 Å². The maximum Gasteiger partial charge on any atom is 0.266 e. The molecule has 1 aliphatic rings. The Labute approximate surface area is 164 Å². The fourth-order valence-electron chi connectivity index (χ4n) is 3.05. The van der Waals surface area contributed by atoms with Crippen LogP contribution in [0.1, 0.15) is 12.8 Å². The van der Waals surface area contributed by atoms with Crippen LogP contribution in [0, 0.1) is 11.6 Å². The summed E-state index contributed by atoms with van der Waals surface area (Å²) in [5.41, 5.74) is 0.243. The van der Waals surface area contributed by atoms with E-state index in [2.05, 4.69) is 4.98 Å². The van der Waals surface area contributed by atoms with Crippen molar-refractivity contribution in [3.63, 3.8) is 0 Å². The monoisotopic (exact) mass is 404 g/mol. The molecule has 0 radical (unpaired) electrons. The van der Waals surface area contributed by atoms with Gasteiger partial charge in [0.05, 0.1) is 17.3 Å². The summed E-state index contributed by atoms with van der Waals surface area (Å²) < 4.78 is 38.9. The number of para-hydroxylation sites is 1. The first-order chi connectivity index (χ1) is 13.6. The van der Waals surface area contributed by atoms with Gasteiger partial charge in [-0.25, -0.2) is 13.8 Å². The molecule has 3 aromatic rings. The topological polar surface area (TPSA) is 51.7 Å². The summed E-state index contributed by atoms with van der Waals surface area (Å²) in [4.78, 5) is 18.7. The van der Waals surface area contributed by atoms with Crippen LogP contribution in [0.5, 0.6) is 5.75 Å². The molecule has 1 fully saturated rings. The predicted molar refractivity (Wildman–Crippen MR) is 103 cm³/mol. The highest BCUT2D eigenvalue weighted by atomic mass is 32.1. The molecule has 1 atom stereocenters. The second-order valence-electron chi connectivity index (χ2n) is 6.46. The Kier molecular flexibility index (Phi) is 5.50. The number of carbonyl (C=O) groups excluding carboxylic acids is 1. The number of anilines is 1. The van der Waals surface area contributed by atoms with Gasteiger partial charge in [0, 0.05) is 6.61 Å². The van der Waals surface area contributed by atoms with E-state index in [0.717, 1.165) is 12.8 Å². The Bertz CT molecular complexity index is 971. The number of hydrogen-bond acceptors (Lipinski definition) is 5. The van der Waals surface area contributed by atoms with E-state index in [9.17, 15) is 13.6 Å². The van der Waals surface area contributed by atoms with Crippen molar-refractivity contribution in [1.82, 2.24) is 4.98 Å². The van der Waals surface area contributed by atoms with E-state index >= 15 is 0 Å². The lowest BCUT2D eigenvalue weighted by Gasteiger charge is -2.23. The molecule has 4 rings (SSSR count). The predicted octanol–water partition coefficient (Wildman–Crippen LogP) is 4.17. The van der Waals surface area contributed by atoms with Crippen molar-refractivity contribution in [2.24, 2.45) is 0 Å². The molecular formula is C20H18F2N2O3S. The molecule has 1 saturated heterocycles.